The molecule has 142 valence electrons. The maximum atomic E-state index is 10.2. The largest absolute Gasteiger partial charge is 0.497 e. The first-order chi connectivity index (χ1) is 14.2. The van der Waals surface area contributed by atoms with Crippen molar-refractivity contribution in [3.63, 3.8) is 0 Å². The summed E-state index contributed by atoms with van der Waals surface area (Å²) < 4.78 is 5.65. The first kappa shape index (κ1) is 17.5. The molecule has 0 aromatic heterocycles. The molecule has 4 heteroatoms. The van der Waals surface area contributed by atoms with E-state index in [0.29, 0.717) is 17.3 Å². The van der Waals surface area contributed by atoms with Crippen LogP contribution in [0.5, 0.6) is 5.75 Å². The number of nitrogens with two attached hydrogens (primary N) is 1. The van der Waals surface area contributed by atoms with Gasteiger partial charge in [-0.15, -0.1) is 0 Å². The van der Waals surface area contributed by atoms with E-state index >= 15 is 0 Å². The van der Waals surface area contributed by atoms with Gasteiger partial charge in [0.15, 0.2) is 0 Å². The summed E-state index contributed by atoms with van der Waals surface area (Å²) in [5.74, 6) is 1.59. The third-order valence-electron chi connectivity index (χ3n) is 6.03. The van der Waals surface area contributed by atoms with Crippen LogP contribution in [0.1, 0.15) is 35.1 Å². The molecule has 1 saturated carbocycles. The fourth-order valence-corrected chi connectivity index (χ4v) is 4.59. The van der Waals surface area contributed by atoms with Crippen molar-refractivity contribution >= 4 is 5.84 Å². The standard InChI is InChI=1S/C25H21N3O/c1-29-18-13-20(16-7-3-2-4-8-16)21(15-26)23(14-18)25(17-11-12-17)22-10-6-5-9-19(22)24(27)28-25/h2-10,13-14,17H,11-12H2,1H3,(H2,27,28). The van der Waals surface area contributed by atoms with E-state index in [1.54, 1.807) is 7.11 Å². The van der Waals surface area contributed by atoms with Crippen LogP contribution in [0, 0.1) is 17.2 Å². The first-order valence-corrected chi connectivity index (χ1v) is 9.82. The number of fused-ring (bicyclic) bond motifs is 1. The fraction of sp³-hybridized carbons (Fsp3) is 0.200. The molecule has 1 aliphatic carbocycles. The Morgan fingerprint density at radius 1 is 1.00 bits per heavy atom. The number of amidine groups is 1. The Kier molecular flexibility index (Phi) is 3.92. The molecule has 0 amide bonds. The molecule has 0 saturated heterocycles. The predicted molar refractivity (Wildman–Crippen MR) is 114 cm³/mol. The van der Waals surface area contributed by atoms with Crippen LogP contribution in [0.4, 0.5) is 0 Å². The van der Waals surface area contributed by atoms with Gasteiger partial charge in [0.2, 0.25) is 0 Å². The quantitative estimate of drug-likeness (QED) is 0.720. The molecule has 1 heterocycles. The summed E-state index contributed by atoms with van der Waals surface area (Å²) in [6, 6.07) is 24.5. The number of nitriles is 1. The summed E-state index contributed by atoms with van der Waals surface area (Å²) >= 11 is 0. The van der Waals surface area contributed by atoms with Crippen LogP contribution in [0.3, 0.4) is 0 Å². The summed E-state index contributed by atoms with van der Waals surface area (Å²) in [6.45, 7) is 0. The number of hydrogen-bond donors (Lipinski definition) is 1. The van der Waals surface area contributed by atoms with Gasteiger partial charge in [0.25, 0.3) is 0 Å². The van der Waals surface area contributed by atoms with Crippen LogP contribution in [-0.2, 0) is 5.54 Å². The summed E-state index contributed by atoms with van der Waals surface area (Å²) in [4.78, 5) is 5.03. The van der Waals surface area contributed by atoms with E-state index in [9.17, 15) is 5.26 Å². The number of nitrogens with zero attached hydrogens (tertiary/aromatic N) is 2. The smallest absolute Gasteiger partial charge is 0.127 e. The van der Waals surface area contributed by atoms with Crippen molar-refractivity contribution in [2.24, 2.45) is 16.6 Å². The van der Waals surface area contributed by atoms with Crippen molar-refractivity contribution in [1.82, 2.24) is 0 Å². The SMILES string of the molecule is COc1cc(-c2ccccc2)c(C#N)c(C2(C3CC3)N=C(N)c3ccccc32)c1. The second-order valence-electron chi connectivity index (χ2n) is 7.66. The van der Waals surface area contributed by atoms with Gasteiger partial charge in [-0.2, -0.15) is 5.26 Å². The molecular formula is C25H21N3O. The number of hydrogen-bond acceptors (Lipinski definition) is 4. The van der Waals surface area contributed by atoms with Crippen molar-refractivity contribution in [1.29, 1.82) is 5.26 Å². The highest BCUT2D eigenvalue weighted by atomic mass is 16.5. The zero-order valence-electron chi connectivity index (χ0n) is 16.2. The molecule has 2 aliphatic rings. The molecule has 2 N–H and O–H groups in total. The third-order valence-corrected chi connectivity index (χ3v) is 6.03. The van der Waals surface area contributed by atoms with Gasteiger partial charge < -0.3 is 10.5 Å². The summed E-state index contributed by atoms with van der Waals surface area (Å²) in [5, 5.41) is 10.2. The van der Waals surface area contributed by atoms with Crippen molar-refractivity contribution in [3.05, 3.63) is 89.0 Å². The van der Waals surface area contributed by atoms with Crippen LogP contribution in [0.25, 0.3) is 11.1 Å². The number of methoxy groups -OCH3 is 1. The number of aliphatic imine (C=N–C) groups is 1. The van der Waals surface area contributed by atoms with Crippen molar-refractivity contribution < 1.29 is 4.74 Å². The Bertz CT molecular complexity index is 1170. The predicted octanol–water partition coefficient (Wildman–Crippen LogP) is 4.61. The minimum Gasteiger partial charge on any atom is -0.497 e. The highest BCUT2D eigenvalue weighted by molar-refractivity contribution is 6.03. The molecule has 29 heavy (non-hydrogen) atoms. The van der Waals surface area contributed by atoms with Crippen LogP contribution in [0.2, 0.25) is 0 Å². The maximum absolute atomic E-state index is 10.2. The molecule has 0 bridgehead atoms. The third kappa shape index (κ3) is 2.55. The average molecular weight is 379 g/mol. The summed E-state index contributed by atoms with van der Waals surface area (Å²) in [7, 11) is 1.66. The van der Waals surface area contributed by atoms with E-state index in [0.717, 1.165) is 46.4 Å². The molecule has 1 atom stereocenters. The molecule has 1 fully saturated rings. The minimum atomic E-state index is -0.635. The molecule has 1 unspecified atom stereocenters. The lowest BCUT2D eigenvalue weighted by molar-refractivity contribution is 0.410. The molecule has 3 aromatic rings. The van der Waals surface area contributed by atoms with E-state index in [4.69, 9.17) is 15.5 Å². The highest BCUT2D eigenvalue weighted by Crippen LogP contribution is 2.57. The molecule has 0 radical (unpaired) electrons. The van der Waals surface area contributed by atoms with Crippen LogP contribution < -0.4 is 10.5 Å². The zero-order chi connectivity index (χ0) is 20.0. The molecule has 4 nitrogen and oxygen atoms in total. The average Bonchev–Trinajstić information content (AvgIpc) is 3.59. The number of ether oxygens (including phenoxy) is 1. The number of rotatable bonds is 4. The zero-order valence-corrected chi connectivity index (χ0v) is 16.2. The monoisotopic (exact) mass is 379 g/mol. The lowest BCUT2D eigenvalue weighted by Crippen LogP contribution is -2.28. The van der Waals surface area contributed by atoms with Crippen LogP contribution in [0.15, 0.2) is 71.7 Å². The second-order valence-corrected chi connectivity index (χ2v) is 7.66. The van der Waals surface area contributed by atoms with Crippen molar-refractivity contribution in [2.45, 2.75) is 18.4 Å². The Morgan fingerprint density at radius 2 is 1.72 bits per heavy atom. The molecule has 1 aliphatic heterocycles. The first-order valence-electron chi connectivity index (χ1n) is 9.82. The van der Waals surface area contributed by atoms with Gasteiger partial charge >= 0.3 is 0 Å². The van der Waals surface area contributed by atoms with E-state index in [1.807, 2.05) is 60.7 Å². The van der Waals surface area contributed by atoms with E-state index < -0.39 is 5.54 Å². The number of benzene rings is 3. The second kappa shape index (κ2) is 6.49. The lowest BCUT2D eigenvalue weighted by atomic mass is 9.75. The fourth-order valence-electron chi connectivity index (χ4n) is 4.59. The summed E-state index contributed by atoms with van der Waals surface area (Å²) in [5.41, 5.74) is 11.2. The Morgan fingerprint density at radius 3 is 2.41 bits per heavy atom. The van der Waals surface area contributed by atoms with E-state index in [2.05, 4.69) is 12.1 Å². The highest BCUT2D eigenvalue weighted by Gasteiger charge is 2.53. The van der Waals surface area contributed by atoms with E-state index in [-0.39, 0.29) is 0 Å². The van der Waals surface area contributed by atoms with Gasteiger partial charge in [-0.3, -0.25) is 4.99 Å². The van der Waals surface area contributed by atoms with Crippen molar-refractivity contribution in [2.75, 3.05) is 7.11 Å². The van der Waals surface area contributed by atoms with Gasteiger partial charge in [0, 0.05) is 16.7 Å². The van der Waals surface area contributed by atoms with Gasteiger partial charge in [-0.25, -0.2) is 0 Å². The van der Waals surface area contributed by atoms with Gasteiger partial charge in [-0.1, -0.05) is 54.6 Å². The molecule has 0 spiro atoms. The lowest BCUT2D eigenvalue weighted by Gasteiger charge is -2.30. The Hall–Kier alpha value is -3.58. The molecular weight excluding hydrogens is 358 g/mol. The van der Waals surface area contributed by atoms with E-state index in [1.165, 1.54) is 0 Å². The van der Waals surface area contributed by atoms with Gasteiger partial charge in [-0.05, 0) is 42.0 Å². The molecule has 3 aromatic carbocycles. The van der Waals surface area contributed by atoms with Gasteiger partial charge in [0.1, 0.15) is 23.2 Å². The summed E-state index contributed by atoms with van der Waals surface area (Å²) in [6.07, 6.45) is 2.13. The maximum Gasteiger partial charge on any atom is 0.127 e. The van der Waals surface area contributed by atoms with Crippen LogP contribution in [-0.4, -0.2) is 12.9 Å². The normalized spacial score (nSPS) is 19.9. The Labute approximate surface area is 170 Å². The van der Waals surface area contributed by atoms with Crippen LogP contribution >= 0.6 is 0 Å². The van der Waals surface area contributed by atoms with Gasteiger partial charge in [0.05, 0.1) is 12.7 Å². The molecule has 5 rings (SSSR count). The Balaban J connectivity index is 1.86. The topological polar surface area (TPSA) is 71.4 Å². The minimum absolute atomic E-state index is 0.326. The van der Waals surface area contributed by atoms with Crippen molar-refractivity contribution in [3.8, 4) is 22.9 Å².